The molecule has 0 unspecified atom stereocenters. The summed E-state index contributed by atoms with van der Waals surface area (Å²) < 4.78 is 42.7. The zero-order valence-corrected chi connectivity index (χ0v) is 20.4. The first-order valence-electron chi connectivity index (χ1n) is 11.5. The third kappa shape index (κ3) is 7.55. The van der Waals surface area contributed by atoms with Crippen molar-refractivity contribution in [1.29, 1.82) is 5.26 Å². The van der Waals surface area contributed by atoms with E-state index in [0.29, 0.717) is 36.7 Å². The van der Waals surface area contributed by atoms with E-state index in [9.17, 15) is 13.2 Å². The number of hydrogen-bond acceptors (Lipinski definition) is 3. The lowest BCUT2D eigenvalue weighted by atomic mass is 10.1. The molecule has 0 aliphatic heterocycles. The molecule has 1 heterocycles. The lowest BCUT2D eigenvalue weighted by Gasteiger charge is -2.27. The molecule has 0 bridgehead atoms. The monoisotopic (exact) mass is 499 g/mol. The van der Waals surface area contributed by atoms with Gasteiger partial charge in [-0.2, -0.15) is 18.4 Å². The fraction of sp³-hybridized carbons (Fsp3) is 0.346. The molecule has 3 aromatic rings. The van der Waals surface area contributed by atoms with Gasteiger partial charge in [-0.15, -0.1) is 0 Å². The Morgan fingerprint density at radius 3 is 2.60 bits per heavy atom. The minimum atomic E-state index is -4.43. The lowest BCUT2D eigenvalue weighted by Crippen LogP contribution is -2.41. The van der Waals surface area contributed by atoms with Gasteiger partial charge in [-0.05, 0) is 48.0 Å². The van der Waals surface area contributed by atoms with Crippen LogP contribution in [0.3, 0.4) is 0 Å². The lowest BCUT2D eigenvalue weighted by molar-refractivity contribution is -0.138. The van der Waals surface area contributed by atoms with Crippen LogP contribution in [0.15, 0.2) is 61.1 Å². The molecule has 0 aliphatic carbocycles. The first-order valence-corrected chi connectivity index (χ1v) is 11.9. The summed E-state index contributed by atoms with van der Waals surface area (Å²) in [7, 11) is 0. The van der Waals surface area contributed by atoms with Gasteiger partial charge in [-0.1, -0.05) is 43.7 Å². The maximum absolute atomic E-state index is 13.6. The van der Waals surface area contributed by atoms with Crippen LogP contribution >= 0.6 is 12.2 Å². The van der Waals surface area contributed by atoms with Crippen molar-refractivity contribution in [2.24, 2.45) is 0 Å². The first-order chi connectivity index (χ1) is 16.8. The molecule has 184 valence electrons. The molecule has 0 saturated heterocycles. The predicted molar refractivity (Wildman–Crippen MR) is 134 cm³/mol. The van der Waals surface area contributed by atoms with E-state index in [-0.39, 0.29) is 12.1 Å². The summed E-state index contributed by atoms with van der Waals surface area (Å²) in [6.45, 7) is 3.80. The fourth-order valence-corrected chi connectivity index (χ4v) is 3.96. The predicted octanol–water partition coefficient (Wildman–Crippen LogP) is 5.54. The van der Waals surface area contributed by atoms with Gasteiger partial charge in [-0.3, -0.25) is 0 Å². The Morgan fingerprint density at radius 2 is 1.91 bits per heavy atom. The molecule has 3 rings (SSSR count). The van der Waals surface area contributed by atoms with Crippen molar-refractivity contribution in [3.63, 3.8) is 0 Å². The Bertz CT molecular complexity index is 1150. The third-order valence-electron chi connectivity index (χ3n) is 5.65. The average molecular weight is 500 g/mol. The standard InChI is InChI=1S/C26H28F3N5S/c1-2-3-13-32-25(35)33(18-22-6-4-5-7-24(22)26(27,28)29)14-12-23-16-31-19-34(23)17-21-10-8-20(15-30)9-11-21/h4-11,16,19H,2-3,12-14,17-18H2,1H3,(H,32,35). The van der Waals surface area contributed by atoms with Crippen molar-refractivity contribution in [3.8, 4) is 6.07 Å². The maximum atomic E-state index is 13.6. The normalized spacial score (nSPS) is 11.2. The number of imidazole rings is 1. The molecule has 5 nitrogen and oxygen atoms in total. The number of hydrogen-bond donors (Lipinski definition) is 1. The first kappa shape index (κ1) is 26.2. The maximum Gasteiger partial charge on any atom is 0.416 e. The molecular formula is C26H28F3N5S. The second-order valence-electron chi connectivity index (χ2n) is 8.23. The van der Waals surface area contributed by atoms with E-state index in [0.717, 1.165) is 30.2 Å². The summed E-state index contributed by atoms with van der Waals surface area (Å²) in [4.78, 5) is 6.05. The zero-order chi connectivity index (χ0) is 25.3. The van der Waals surface area contributed by atoms with Crippen molar-refractivity contribution in [2.45, 2.75) is 45.5 Å². The second-order valence-corrected chi connectivity index (χ2v) is 8.62. The van der Waals surface area contributed by atoms with Crippen molar-refractivity contribution < 1.29 is 13.2 Å². The highest BCUT2D eigenvalue weighted by atomic mass is 32.1. The van der Waals surface area contributed by atoms with Crippen molar-refractivity contribution in [3.05, 3.63) is 89.0 Å². The van der Waals surface area contributed by atoms with E-state index in [1.165, 1.54) is 12.1 Å². The molecule has 35 heavy (non-hydrogen) atoms. The molecule has 9 heteroatoms. The van der Waals surface area contributed by atoms with Crippen LogP contribution in [0.25, 0.3) is 0 Å². The Balaban J connectivity index is 1.75. The minimum absolute atomic E-state index is 0.0530. The number of nitrogens with zero attached hydrogens (tertiary/aromatic N) is 4. The van der Waals surface area contributed by atoms with Gasteiger partial charge in [-0.25, -0.2) is 4.98 Å². The molecule has 0 saturated carbocycles. The molecule has 1 aromatic heterocycles. The highest BCUT2D eigenvalue weighted by molar-refractivity contribution is 7.80. The Labute approximate surface area is 209 Å². The summed E-state index contributed by atoms with van der Waals surface area (Å²) in [6.07, 6.45) is 1.53. The van der Waals surface area contributed by atoms with E-state index in [1.807, 2.05) is 16.7 Å². The van der Waals surface area contributed by atoms with Gasteiger partial charge in [0, 0.05) is 44.5 Å². The molecule has 0 radical (unpaired) electrons. The summed E-state index contributed by atoms with van der Waals surface area (Å²) in [5.41, 5.74) is 2.10. The zero-order valence-electron chi connectivity index (χ0n) is 19.6. The van der Waals surface area contributed by atoms with Gasteiger partial charge < -0.3 is 14.8 Å². The van der Waals surface area contributed by atoms with E-state index < -0.39 is 11.7 Å². The summed E-state index contributed by atoms with van der Waals surface area (Å²) in [5.74, 6) is 0. The smallest absolute Gasteiger partial charge is 0.363 e. The van der Waals surface area contributed by atoms with Gasteiger partial charge in [0.25, 0.3) is 0 Å². The molecule has 0 fully saturated rings. The Hall–Kier alpha value is -3.38. The van der Waals surface area contributed by atoms with Crippen molar-refractivity contribution in [1.82, 2.24) is 19.8 Å². The van der Waals surface area contributed by atoms with Crippen molar-refractivity contribution in [2.75, 3.05) is 13.1 Å². The van der Waals surface area contributed by atoms with E-state index in [2.05, 4.69) is 23.3 Å². The van der Waals surface area contributed by atoms with Gasteiger partial charge in [0.1, 0.15) is 0 Å². The van der Waals surface area contributed by atoms with Crippen LogP contribution in [-0.4, -0.2) is 32.7 Å². The van der Waals surface area contributed by atoms with E-state index in [1.54, 1.807) is 35.6 Å². The summed E-state index contributed by atoms with van der Waals surface area (Å²) in [6, 6.07) is 15.1. The van der Waals surface area contributed by atoms with Crippen LogP contribution in [0.2, 0.25) is 0 Å². The molecule has 2 aromatic carbocycles. The van der Waals surface area contributed by atoms with E-state index >= 15 is 0 Å². The topological polar surface area (TPSA) is 56.9 Å². The van der Waals surface area contributed by atoms with Gasteiger partial charge in [0.2, 0.25) is 0 Å². The third-order valence-corrected chi connectivity index (χ3v) is 6.05. The van der Waals surface area contributed by atoms with Crippen LogP contribution in [0.4, 0.5) is 13.2 Å². The number of unbranched alkanes of at least 4 members (excludes halogenated alkanes) is 1. The Morgan fingerprint density at radius 1 is 1.17 bits per heavy atom. The average Bonchev–Trinajstić information content (AvgIpc) is 3.28. The van der Waals surface area contributed by atoms with Crippen LogP contribution in [-0.2, 0) is 25.7 Å². The number of nitriles is 1. The minimum Gasteiger partial charge on any atom is -0.363 e. The highest BCUT2D eigenvalue weighted by Gasteiger charge is 2.33. The van der Waals surface area contributed by atoms with Gasteiger partial charge in [0.15, 0.2) is 5.11 Å². The molecule has 0 spiro atoms. The summed E-state index contributed by atoms with van der Waals surface area (Å²) >= 11 is 5.57. The largest absolute Gasteiger partial charge is 0.416 e. The number of thiocarbonyl (C=S) groups is 1. The second kappa shape index (κ2) is 12.4. The number of halogens is 3. The molecule has 1 N–H and O–H groups in total. The molecule has 0 aliphatic rings. The van der Waals surface area contributed by atoms with Gasteiger partial charge in [0.05, 0.1) is 23.5 Å². The fourth-order valence-electron chi connectivity index (χ4n) is 3.71. The summed E-state index contributed by atoms with van der Waals surface area (Å²) in [5, 5.41) is 12.6. The van der Waals surface area contributed by atoms with Crippen LogP contribution in [0.1, 0.15) is 47.7 Å². The molecule has 0 atom stereocenters. The number of rotatable bonds is 10. The number of benzene rings is 2. The Kier molecular flexibility index (Phi) is 9.26. The number of alkyl halides is 3. The highest BCUT2D eigenvalue weighted by Crippen LogP contribution is 2.32. The quantitative estimate of drug-likeness (QED) is 0.293. The number of nitrogens with one attached hydrogen (secondary N) is 1. The SMILES string of the molecule is CCCCNC(=S)N(CCc1cncn1Cc1ccc(C#N)cc1)Cc1ccccc1C(F)(F)F. The van der Waals surface area contributed by atoms with Crippen molar-refractivity contribution >= 4 is 17.3 Å². The number of aromatic nitrogens is 2. The van der Waals surface area contributed by atoms with Crippen LogP contribution in [0, 0.1) is 11.3 Å². The van der Waals surface area contributed by atoms with Crippen LogP contribution in [0.5, 0.6) is 0 Å². The van der Waals surface area contributed by atoms with E-state index in [4.69, 9.17) is 17.5 Å². The van der Waals surface area contributed by atoms with Crippen LogP contribution < -0.4 is 5.32 Å². The van der Waals surface area contributed by atoms with Gasteiger partial charge >= 0.3 is 6.18 Å². The molecule has 0 amide bonds. The molecular weight excluding hydrogens is 471 g/mol.